The molecule has 2 rings (SSSR count). The Morgan fingerprint density at radius 3 is 2.76 bits per heavy atom. The van der Waals surface area contributed by atoms with Gasteiger partial charge in [0.1, 0.15) is 6.61 Å². The summed E-state index contributed by atoms with van der Waals surface area (Å²) >= 11 is 0. The Bertz CT molecular complexity index is 439. The van der Waals surface area contributed by atoms with Gasteiger partial charge in [-0.2, -0.15) is 0 Å². The second-order valence-electron chi connectivity index (χ2n) is 3.79. The molecule has 1 aliphatic rings. The van der Waals surface area contributed by atoms with E-state index in [1.807, 2.05) is 30.3 Å². The third-order valence-electron chi connectivity index (χ3n) is 2.44. The molecule has 4 heteroatoms. The van der Waals surface area contributed by atoms with Gasteiger partial charge in [-0.3, -0.25) is 9.69 Å². The minimum absolute atomic E-state index is 0.0760. The molecule has 0 unspecified atom stereocenters. The highest BCUT2D eigenvalue weighted by atomic mass is 16.6. The van der Waals surface area contributed by atoms with Gasteiger partial charge in [0.2, 0.25) is 0 Å². The molecule has 88 valence electrons. The van der Waals surface area contributed by atoms with E-state index in [0.29, 0.717) is 6.54 Å². The van der Waals surface area contributed by atoms with Crippen molar-refractivity contribution in [3.05, 3.63) is 48.0 Å². The Kier molecular flexibility index (Phi) is 3.55. The molecule has 1 aliphatic heterocycles. The average Bonchev–Trinajstić information content (AvgIpc) is 2.37. The standard InChI is InChI=1S/C13H13NO3/c15-12-7-4-8-14(9-12)13(16)17-10-11-5-2-1-3-6-11/h1-7H,8-10H2. The monoisotopic (exact) mass is 231 g/mol. The highest BCUT2D eigenvalue weighted by Gasteiger charge is 2.19. The fourth-order valence-electron chi connectivity index (χ4n) is 1.57. The van der Waals surface area contributed by atoms with Crippen molar-refractivity contribution in [2.24, 2.45) is 0 Å². The third-order valence-corrected chi connectivity index (χ3v) is 2.44. The van der Waals surface area contributed by atoms with Gasteiger partial charge in [-0.05, 0) is 11.6 Å². The molecule has 0 radical (unpaired) electrons. The largest absolute Gasteiger partial charge is 0.445 e. The smallest absolute Gasteiger partial charge is 0.410 e. The first-order chi connectivity index (χ1) is 8.25. The molecule has 0 aromatic heterocycles. The Balaban J connectivity index is 1.86. The summed E-state index contributed by atoms with van der Waals surface area (Å²) in [5, 5.41) is 0. The van der Waals surface area contributed by atoms with Crippen molar-refractivity contribution in [1.29, 1.82) is 0 Å². The van der Waals surface area contributed by atoms with Gasteiger partial charge in [0.25, 0.3) is 0 Å². The lowest BCUT2D eigenvalue weighted by molar-refractivity contribution is -0.115. The van der Waals surface area contributed by atoms with Gasteiger partial charge in [-0.15, -0.1) is 0 Å². The normalized spacial score (nSPS) is 14.8. The number of hydrogen-bond acceptors (Lipinski definition) is 3. The Hall–Kier alpha value is -2.10. The summed E-state index contributed by atoms with van der Waals surface area (Å²) in [6.07, 6.45) is 2.70. The van der Waals surface area contributed by atoms with Gasteiger partial charge < -0.3 is 4.74 Å². The van der Waals surface area contributed by atoms with Crippen LogP contribution >= 0.6 is 0 Å². The van der Waals surface area contributed by atoms with Gasteiger partial charge in [0, 0.05) is 6.54 Å². The fraction of sp³-hybridized carbons (Fsp3) is 0.231. The number of rotatable bonds is 2. The Labute approximate surface area is 99.5 Å². The molecular weight excluding hydrogens is 218 g/mol. The summed E-state index contributed by atoms with van der Waals surface area (Å²) < 4.78 is 5.12. The summed E-state index contributed by atoms with van der Waals surface area (Å²) in [4.78, 5) is 24.1. The quantitative estimate of drug-likeness (QED) is 0.779. The van der Waals surface area contributed by atoms with Crippen molar-refractivity contribution in [3.8, 4) is 0 Å². The average molecular weight is 231 g/mol. The van der Waals surface area contributed by atoms with E-state index in [1.54, 1.807) is 6.08 Å². The number of benzene rings is 1. The maximum absolute atomic E-state index is 11.6. The number of carbonyl (C=O) groups is 2. The molecule has 0 bridgehead atoms. The van der Waals surface area contributed by atoms with Crippen LogP contribution in [-0.4, -0.2) is 29.9 Å². The molecule has 0 spiro atoms. The number of amides is 1. The zero-order valence-electron chi connectivity index (χ0n) is 9.33. The first-order valence-corrected chi connectivity index (χ1v) is 5.41. The lowest BCUT2D eigenvalue weighted by atomic mass is 10.2. The SMILES string of the molecule is O=C1C=CCN(C(=O)OCc2ccccc2)C1. The van der Waals surface area contributed by atoms with Crippen molar-refractivity contribution in [2.45, 2.75) is 6.61 Å². The second-order valence-corrected chi connectivity index (χ2v) is 3.79. The molecule has 1 amide bonds. The van der Waals surface area contributed by atoms with Crippen LogP contribution in [0, 0.1) is 0 Å². The van der Waals surface area contributed by atoms with Gasteiger partial charge in [-0.1, -0.05) is 36.4 Å². The van der Waals surface area contributed by atoms with Crippen LogP contribution in [0.3, 0.4) is 0 Å². The predicted molar refractivity (Wildman–Crippen MR) is 62.3 cm³/mol. The predicted octanol–water partition coefficient (Wildman–Crippen LogP) is 1.76. The van der Waals surface area contributed by atoms with E-state index >= 15 is 0 Å². The maximum atomic E-state index is 11.6. The van der Waals surface area contributed by atoms with Crippen LogP contribution in [0.15, 0.2) is 42.5 Å². The summed E-state index contributed by atoms with van der Waals surface area (Å²) in [5.74, 6) is -0.0760. The van der Waals surface area contributed by atoms with Gasteiger partial charge in [0.15, 0.2) is 5.78 Å². The summed E-state index contributed by atoms with van der Waals surface area (Å²) in [5.41, 5.74) is 0.930. The van der Waals surface area contributed by atoms with Gasteiger partial charge >= 0.3 is 6.09 Å². The van der Waals surface area contributed by atoms with Gasteiger partial charge in [0.05, 0.1) is 6.54 Å². The van der Waals surface area contributed by atoms with Crippen LogP contribution in [0.4, 0.5) is 4.79 Å². The molecule has 1 heterocycles. The molecule has 4 nitrogen and oxygen atoms in total. The molecule has 1 aromatic rings. The number of carbonyl (C=O) groups excluding carboxylic acids is 2. The van der Waals surface area contributed by atoms with E-state index < -0.39 is 6.09 Å². The van der Waals surface area contributed by atoms with E-state index in [0.717, 1.165) is 5.56 Å². The van der Waals surface area contributed by atoms with Crippen LogP contribution in [0.2, 0.25) is 0 Å². The van der Waals surface area contributed by atoms with Gasteiger partial charge in [-0.25, -0.2) is 4.79 Å². The molecule has 17 heavy (non-hydrogen) atoms. The number of nitrogens with zero attached hydrogens (tertiary/aromatic N) is 1. The zero-order valence-corrected chi connectivity index (χ0v) is 9.33. The third kappa shape index (κ3) is 3.17. The highest BCUT2D eigenvalue weighted by molar-refractivity contribution is 5.94. The van der Waals surface area contributed by atoms with E-state index in [2.05, 4.69) is 0 Å². The molecule has 0 atom stereocenters. The minimum Gasteiger partial charge on any atom is -0.445 e. The molecule has 0 N–H and O–H groups in total. The molecule has 1 aromatic carbocycles. The van der Waals surface area contributed by atoms with Crippen LogP contribution in [-0.2, 0) is 16.1 Å². The fourth-order valence-corrected chi connectivity index (χ4v) is 1.57. The number of ketones is 1. The van der Waals surface area contributed by atoms with Crippen molar-refractivity contribution in [1.82, 2.24) is 4.90 Å². The van der Waals surface area contributed by atoms with Crippen LogP contribution in [0.25, 0.3) is 0 Å². The molecule has 0 saturated carbocycles. The van der Waals surface area contributed by atoms with E-state index in [9.17, 15) is 9.59 Å². The van der Waals surface area contributed by atoms with E-state index in [-0.39, 0.29) is 18.9 Å². The zero-order chi connectivity index (χ0) is 12.1. The Morgan fingerprint density at radius 2 is 2.06 bits per heavy atom. The van der Waals surface area contributed by atoms with Crippen molar-refractivity contribution >= 4 is 11.9 Å². The van der Waals surface area contributed by atoms with E-state index in [1.165, 1.54) is 11.0 Å². The Morgan fingerprint density at radius 1 is 1.29 bits per heavy atom. The highest BCUT2D eigenvalue weighted by Crippen LogP contribution is 2.05. The first kappa shape index (κ1) is 11.4. The van der Waals surface area contributed by atoms with Crippen molar-refractivity contribution in [2.75, 3.05) is 13.1 Å². The molecule has 0 aliphatic carbocycles. The number of ether oxygens (including phenoxy) is 1. The summed E-state index contributed by atoms with van der Waals surface area (Å²) in [7, 11) is 0. The maximum Gasteiger partial charge on any atom is 0.410 e. The van der Waals surface area contributed by atoms with Crippen molar-refractivity contribution < 1.29 is 14.3 Å². The minimum atomic E-state index is -0.452. The first-order valence-electron chi connectivity index (χ1n) is 5.41. The summed E-state index contributed by atoms with van der Waals surface area (Å²) in [6.45, 7) is 0.761. The topological polar surface area (TPSA) is 46.6 Å². The van der Waals surface area contributed by atoms with E-state index in [4.69, 9.17) is 4.74 Å². The van der Waals surface area contributed by atoms with Crippen molar-refractivity contribution in [3.63, 3.8) is 0 Å². The molecule has 0 fully saturated rings. The number of hydrogen-bond donors (Lipinski definition) is 0. The van der Waals surface area contributed by atoms with Crippen LogP contribution in [0.5, 0.6) is 0 Å². The lowest BCUT2D eigenvalue weighted by Crippen LogP contribution is -2.38. The molecular formula is C13H13NO3. The van der Waals surface area contributed by atoms with Crippen LogP contribution < -0.4 is 0 Å². The van der Waals surface area contributed by atoms with Crippen LogP contribution in [0.1, 0.15) is 5.56 Å². The second kappa shape index (κ2) is 5.30. The molecule has 0 saturated heterocycles. The lowest BCUT2D eigenvalue weighted by Gasteiger charge is -2.21. The summed E-state index contributed by atoms with van der Waals surface area (Å²) in [6, 6.07) is 9.44.